The summed E-state index contributed by atoms with van der Waals surface area (Å²) in [6.45, 7) is 4.01. The van der Waals surface area contributed by atoms with E-state index >= 15 is 0 Å². The Hall–Kier alpha value is -1.02. The van der Waals surface area contributed by atoms with Crippen LogP contribution in [0.1, 0.15) is 18.9 Å². The predicted molar refractivity (Wildman–Crippen MR) is 50.1 cm³/mol. The molecule has 0 bridgehead atoms. The fourth-order valence-corrected chi connectivity index (χ4v) is 0.935. The van der Waals surface area contributed by atoms with Crippen LogP contribution >= 0.6 is 0 Å². The molecule has 0 aromatic heterocycles. The summed E-state index contributed by atoms with van der Waals surface area (Å²) in [6.07, 6.45) is 0.639. The summed E-state index contributed by atoms with van der Waals surface area (Å²) in [5, 5.41) is 0. The van der Waals surface area contributed by atoms with Crippen molar-refractivity contribution in [1.29, 1.82) is 0 Å². The summed E-state index contributed by atoms with van der Waals surface area (Å²) in [5.74, 6) is 0.881. The lowest BCUT2D eigenvalue weighted by molar-refractivity contribution is 0.203. The van der Waals surface area contributed by atoms with E-state index in [1.54, 1.807) is 0 Å². The minimum absolute atomic E-state index is 0.189. The van der Waals surface area contributed by atoms with E-state index in [0.29, 0.717) is 0 Å². The SMILES string of the molecule is CCC(N)Oc1ccccc1C. The maximum absolute atomic E-state index is 5.65. The molecule has 1 aromatic carbocycles. The highest BCUT2D eigenvalue weighted by Crippen LogP contribution is 2.17. The minimum Gasteiger partial charge on any atom is -0.475 e. The van der Waals surface area contributed by atoms with Crippen LogP contribution in [0.2, 0.25) is 0 Å². The number of para-hydroxylation sites is 1. The Morgan fingerprint density at radius 2 is 2.08 bits per heavy atom. The van der Waals surface area contributed by atoms with Crippen molar-refractivity contribution in [2.24, 2.45) is 5.73 Å². The number of aryl methyl sites for hydroxylation is 1. The fourth-order valence-electron chi connectivity index (χ4n) is 0.935. The highest BCUT2D eigenvalue weighted by atomic mass is 16.5. The van der Waals surface area contributed by atoms with E-state index in [1.807, 2.05) is 38.1 Å². The van der Waals surface area contributed by atoms with Crippen molar-refractivity contribution in [1.82, 2.24) is 0 Å². The average Bonchev–Trinajstić information content (AvgIpc) is 2.09. The molecule has 2 heteroatoms. The Morgan fingerprint density at radius 3 is 2.67 bits per heavy atom. The molecule has 0 radical (unpaired) electrons. The molecular weight excluding hydrogens is 150 g/mol. The van der Waals surface area contributed by atoms with Crippen molar-refractivity contribution >= 4 is 0 Å². The van der Waals surface area contributed by atoms with Gasteiger partial charge in [0.05, 0.1) is 0 Å². The topological polar surface area (TPSA) is 35.2 Å². The molecule has 0 aliphatic heterocycles. The zero-order valence-corrected chi connectivity index (χ0v) is 7.58. The number of rotatable bonds is 3. The zero-order chi connectivity index (χ0) is 8.97. The van der Waals surface area contributed by atoms with Gasteiger partial charge in [-0.1, -0.05) is 25.1 Å². The van der Waals surface area contributed by atoms with Crippen molar-refractivity contribution < 1.29 is 4.74 Å². The van der Waals surface area contributed by atoms with Crippen LogP contribution in [-0.4, -0.2) is 6.23 Å². The van der Waals surface area contributed by atoms with Crippen molar-refractivity contribution in [3.8, 4) is 5.75 Å². The quantitative estimate of drug-likeness (QED) is 0.696. The first-order chi connectivity index (χ1) is 5.74. The van der Waals surface area contributed by atoms with E-state index in [0.717, 1.165) is 17.7 Å². The van der Waals surface area contributed by atoms with Gasteiger partial charge in [0.2, 0.25) is 0 Å². The molecule has 1 aromatic rings. The molecule has 0 saturated heterocycles. The predicted octanol–water partition coefficient (Wildman–Crippen LogP) is 2.07. The van der Waals surface area contributed by atoms with Gasteiger partial charge in [-0.15, -0.1) is 0 Å². The standard InChI is InChI=1S/C10H15NO/c1-3-10(11)12-9-7-5-4-6-8(9)2/h4-7,10H,3,11H2,1-2H3. The van der Waals surface area contributed by atoms with Gasteiger partial charge in [-0.3, -0.25) is 5.73 Å². The monoisotopic (exact) mass is 165 g/mol. The smallest absolute Gasteiger partial charge is 0.147 e. The third-order valence-corrected chi connectivity index (χ3v) is 1.77. The highest BCUT2D eigenvalue weighted by molar-refractivity contribution is 5.31. The van der Waals surface area contributed by atoms with Crippen LogP contribution in [0.4, 0.5) is 0 Å². The van der Waals surface area contributed by atoms with Gasteiger partial charge in [-0.25, -0.2) is 0 Å². The van der Waals surface area contributed by atoms with Gasteiger partial charge in [-0.2, -0.15) is 0 Å². The van der Waals surface area contributed by atoms with Gasteiger partial charge < -0.3 is 4.74 Å². The molecule has 0 saturated carbocycles. The van der Waals surface area contributed by atoms with E-state index in [9.17, 15) is 0 Å². The third-order valence-electron chi connectivity index (χ3n) is 1.77. The first-order valence-corrected chi connectivity index (χ1v) is 4.22. The summed E-state index contributed by atoms with van der Waals surface area (Å²) in [4.78, 5) is 0. The van der Waals surface area contributed by atoms with Gasteiger partial charge in [0.1, 0.15) is 12.0 Å². The highest BCUT2D eigenvalue weighted by Gasteiger charge is 2.02. The lowest BCUT2D eigenvalue weighted by Crippen LogP contribution is -2.26. The Balaban J connectivity index is 2.69. The number of nitrogens with two attached hydrogens (primary N) is 1. The lowest BCUT2D eigenvalue weighted by atomic mass is 10.2. The molecule has 1 unspecified atom stereocenters. The minimum atomic E-state index is -0.189. The summed E-state index contributed by atoms with van der Waals surface area (Å²) >= 11 is 0. The molecule has 2 nitrogen and oxygen atoms in total. The largest absolute Gasteiger partial charge is 0.475 e. The van der Waals surface area contributed by atoms with Crippen LogP contribution in [0.3, 0.4) is 0 Å². The van der Waals surface area contributed by atoms with E-state index in [1.165, 1.54) is 0 Å². The zero-order valence-electron chi connectivity index (χ0n) is 7.58. The van der Waals surface area contributed by atoms with Crippen LogP contribution in [0.15, 0.2) is 24.3 Å². The van der Waals surface area contributed by atoms with Gasteiger partial charge in [0.25, 0.3) is 0 Å². The third kappa shape index (κ3) is 2.24. The summed E-state index contributed by atoms with van der Waals surface area (Å²) in [6, 6.07) is 7.88. The summed E-state index contributed by atoms with van der Waals surface area (Å²) in [7, 11) is 0. The van der Waals surface area contributed by atoms with E-state index in [2.05, 4.69) is 0 Å². The Labute approximate surface area is 73.3 Å². The van der Waals surface area contributed by atoms with E-state index in [-0.39, 0.29) is 6.23 Å². The number of hydrogen-bond acceptors (Lipinski definition) is 2. The molecule has 0 spiro atoms. The molecule has 0 heterocycles. The van der Waals surface area contributed by atoms with E-state index < -0.39 is 0 Å². The number of ether oxygens (including phenoxy) is 1. The maximum atomic E-state index is 5.65. The van der Waals surface area contributed by atoms with E-state index in [4.69, 9.17) is 10.5 Å². The van der Waals surface area contributed by atoms with Crippen LogP contribution in [0, 0.1) is 6.92 Å². The van der Waals surface area contributed by atoms with Crippen LogP contribution in [0.25, 0.3) is 0 Å². The van der Waals surface area contributed by atoms with Gasteiger partial charge in [0.15, 0.2) is 0 Å². The Morgan fingerprint density at radius 1 is 1.42 bits per heavy atom. The molecule has 2 N–H and O–H groups in total. The molecule has 0 fully saturated rings. The van der Waals surface area contributed by atoms with Crippen LogP contribution in [0.5, 0.6) is 5.75 Å². The Bertz CT molecular complexity index is 247. The summed E-state index contributed by atoms with van der Waals surface area (Å²) < 4.78 is 5.47. The second-order valence-corrected chi connectivity index (χ2v) is 2.83. The van der Waals surface area contributed by atoms with Gasteiger partial charge >= 0.3 is 0 Å². The lowest BCUT2D eigenvalue weighted by Gasteiger charge is -2.13. The van der Waals surface area contributed by atoms with Gasteiger partial charge in [0, 0.05) is 0 Å². The summed E-state index contributed by atoms with van der Waals surface area (Å²) in [5.41, 5.74) is 6.78. The molecule has 66 valence electrons. The first kappa shape index (κ1) is 9.07. The number of benzene rings is 1. The molecule has 0 aliphatic carbocycles. The molecule has 0 aliphatic rings. The first-order valence-electron chi connectivity index (χ1n) is 4.22. The number of hydrogen-bond donors (Lipinski definition) is 1. The van der Waals surface area contributed by atoms with Crippen LogP contribution < -0.4 is 10.5 Å². The van der Waals surface area contributed by atoms with Crippen molar-refractivity contribution in [2.45, 2.75) is 26.5 Å². The van der Waals surface area contributed by atoms with Crippen molar-refractivity contribution in [2.75, 3.05) is 0 Å². The average molecular weight is 165 g/mol. The second-order valence-electron chi connectivity index (χ2n) is 2.83. The molecule has 0 amide bonds. The Kier molecular flexibility index (Phi) is 3.11. The fraction of sp³-hybridized carbons (Fsp3) is 0.400. The normalized spacial score (nSPS) is 12.6. The van der Waals surface area contributed by atoms with Crippen molar-refractivity contribution in [3.63, 3.8) is 0 Å². The van der Waals surface area contributed by atoms with Crippen LogP contribution in [-0.2, 0) is 0 Å². The molecule has 1 rings (SSSR count). The maximum Gasteiger partial charge on any atom is 0.147 e. The van der Waals surface area contributed by atoms with Crippen molar-refractivity contribution in [3.05, 3.63) is 29.8 Å². The van der Waals surface area contributed by atoms with Gasteiger partial charge in [-0.05, 0) is 25.0 Å². The second kappa shape index (κ2) is 4.12. The molecule has 1 atom stereocenters. The molecular formula is C10H15NO. The molecule has 12 heavy (non-hydrogen) atoms.